The lowest BCUT2D eigenvalue weighted by Gasteiger charge is -2.28. The van der Waals surface area contributed by atoms with Crippen LogP contribution in [0.5, 0.6) is 5.75 Å². The van der Waals surface area contributed by atoms with E-state index in [1.807, 2.05) is 39.0 Å². The zero-order valence-electron chi connectivity index (χ0n) is 26.4. The van der Waals surface area contributed by atoms with Crippen molar-refractivity contribution in [1.82, 2.24) is 15.3 Å². The van der Waals surface area contributed by atoms with Gasteiger partial charge in [-0.05, 0) is 54.5 Å². The molecule has 4 aromatic rings. The number of hydrogen-bond acceptors (Lipinski definition) is 9. The Bertz CT molecular complexity index is 1850. The van der Waals surface area contributed by atoms with Crippen LogP contribution in [0.15, 0.2) is 51.5 Å². The van der Waals surface area contributed by atoms with E-state index in [-0.39, 0.29) is 42.4 Å². The minimum Gasteiger partial charge on any atom is -0.469 e. The summed E-state index contributed by atoms with van der Waals surface area (Å²) in [6.07, 6.45) is 0.383. The quantitative estimate of drug-likeness (QED) is 0.243. The average Bonchev–Trinajstić information content (AvgIpc) is 3.79. The number of hydrogen-bond donors (Lipinski definition) is 3. The van der Waals surface area contributed by atoms with Crippen molar-refractivity contribution in [2.24, 2.45) is 17.8 Å². The fourth-order valence-corrected chi connectivity index (χ4v) is 6.89. The number of anilines is 1. The Labute approximate surface area is 265 Å². The highest BCUT2D eigenvalue weighted by atomic mass is 19.1. The van der Waals surface area contributed by atoms with Crippen molar-refractivity contribution in [3.8, 4) is 17.3 Å². The molecule has 1 unspecified atom stereocenters. The Balaban J connectivity index is 1.49. The van der Waals surface area contributed by atoms with E-state index in [1.54, 1.807) is 26.2 Å². The van der Waals surface area contributed by atoms with E-state index in [4.69, 9.17) is 18.6 Å². The number of nitrogens with zero attached hydrogens (tertiary/aromatic N) is 2. The van der Waals surface area contributed by atoms with Crippen LogP contribution in [0.1, 0.15) is 81.1 Å². The summed E-state index contributed by atoms with van der Waals surface area (Å²) in [4.78, 5) is 36.7. The van der Waals surface area contributed by atoms with E-state index < -0.39 is 41.3 Å². The molecule has 240 valence electrons. The molecule has 5 heterocycles. The number of aliphatic hydroxyl groups excluding tert-OH is 1. The molecule has 2 aromatic heterocycles. The van der Waals surface area contributed by atoms with Gasteiger partial charge < -0.3 is 29.3 Å². The summed E-state index contributed by atoms with van der Waals surface area (Å²) in [6, 6.07) is 9.48. The summed E-state index contributed by atoms with van der Waals surface area (Å²) in [5.41, 5.74) is 2.61. The highest BCUT2D eigenvalue weighted by molar-refractivity contribution is 5.89. The van der Waals surface area contributed by atoms with Crippen molar-refractivity contribution in [3.63, 3.8) is 0 Å². The molecule has 2 aromatic carbocycles. The minimum atomic E-state index is -1.20. The Morgan fingerprint density at radius 1 is 1.11 bits per heavy atom. The first-order chi connectivity index (χ1) is 22.0. The Morgan fingerprint density at radius 3 is 2.63 bits per heavy atom. The number of oxazole rings is 2. The molecule has 1 spiro atoms. The summed E-state index contributed by atoms with van der Waals surface area (Å²) in [5.74, 6) is -1.05. The third-order valence-corrected chi connectivity index (χ3v) is 9.41. The van der Waals surface area contributed by atoms with Gasteiger partial charge in [-0.3, -0.25) is 9.59 Å². The Hall–Kier alpha value is -4.51. The van der Waals surface area contributed by atoms with Gasteiger partial charge in [0, 0.05) is 29.2 Å². The molecule has 0 saturated carbocycles. The van der Waals surface area contributed by atoms with Gasteiger partial charge in [-0.1, -0.05) is 46.8 Å². The number of amides is 1. The first kappa shape index (κ1) is 30.2. The van der Waals surface area contributed by atoms with Crippen LogP contribution in [0.25, 0.3) is 11.6 Å². The van der Waals surface area contributed by atoms with Crippen LogP contribution < -0.4 is 15.4 Å². The molecule has 0 saturated heterocycles. The number of fused-ring (bicyclic) bond motifs is 4. The van der Waals surface area contributed by atoms with E-state index in [1.165, 1.54) is 12.1 Å². The first-order valence-electron chi connectivity index (χ1n) is 15.8. The number of carbonyl (C=O) groups is 2. The number of carbonyl (C=O) groups excluding carboxylic acids is 2. The highest BCUT2D eigenvalue weighted by Crippen LogP contribution is 2.59. The van der Waals surface area contributed by atoms with Gasteiger partial charge in [0.05, 0.1) is 5.69 Å². The molecular formula is C35H37FN4O6. The second-order valence-electron chi connectivity index (χ2n) is 13.2. The molecule has 0 radical (unpaired) electrons. The number of aliphatic hydroxyl groups is 1. The Morgan fingerprint density at radius 2 is 1.91 bits per heavy atom. The molecule has 1 amide bonds. The molecule has 3 N–H and O–H groups in total. The monoisotopic (exact) mass is 628 g/mol. The molecule has 0 fully saturated rings. The number of rotatable bonds is 7. The largest absolute Gasteiger partial charge is 0.469 e. The van der Waals surface area contributed by atoms with Crippen molar-refractivity contribution >= 4 is 17.4 Å². The molecule has 4 bridgehead atoms. The Kier molecular flexibility index (Phi) is 7.26. The second kappa shape index (κ2) is 11.1. The standard InChI is InChI=1S/C35H37FN4O6/c1-6-21-15-44-32(37-21)28-30-35-22-14-20(36)8-9-24(22)38-34(35)45-26-10-7-18(12-23(26)35)11-19(13-25(41)29(42)17(4)5)31(43)39-27(16(2)3)33(40-28)46-30/h7-10,12,14-17,19,27,29,34,38,42H,6,11,13H2,1-5H3,(H,39,43)/t19-,27+,29+,34+,35?/m1/s1. The lowest BCUT2D eigenvalue weighted by atomic mass is 9.72. The molecule has 5 atom stereocenters. The maximum atomic E-state index is 15.1. The molecule has 3 aliphatic heterocycles. The third-order valence-electron chi connectivity index (χ3n) is 9.41. The van der Waals surface area contributed by atoms with Crippen LogP contribution in [0, 0.1) is 23.6 Å². The number of benzene rings is 2. The van der Waals surface area contributed by atoms with Crippen molar-refractivity contribution in [1.29, 1.82) is 0 Å². The maximum Gasteiger partial charge on any atom is 0.249 e. The van der Waals surface area contributed by atoms with Gasteiger partial charge in [0.25, 0.3) is 0 Å². The van der Waals surface area contributed by atoms with E-state index in [0.29, 0.717) is 40.4 Å². The molecule has 7 rings (SSSR count). The molecule has 3 aliphatic rings. The van der Waals surface area contributed by atoms with Crippen LogP contribution in [-0.4, -0.2) is 39.1 Å². The van der Waals surface area contributed by atoms with Crippen LogP contribution in [0.2, 0.25) is 0 Å². The number of aromatic nitrogens is 2. The lowest BCUT2D eigenvalue weighted by Crippen LogP contribution is -2.41. The van der Waals surface area contributed by atoms with Gasteiger partial charge >= 0.3 is 0 Å². The summed E-state index contributed by atoms with van der Waals surface area (Å²) in [6.45, 7) is 9.37. The van der Waals surface area contributed by atoms with Crippen molar-refractivity contribution in [2.75, 3.05) is 5.32 Å². The van der Waals surface area contributed by atoms with E-state index in [0.717, 1.165) is 11.3 Å². The van der Waals surface area contributed by atoms with Gasteiger partial charge in [0.15, 0.2) is 23.5 Å². The highest BCUT2D eigenvalue weighted by Gasteiger charge is 2.61. The van der Waals surface area contributed by atoms with Gasteiger partial charge in [0.1, 0.15) is 35.4 Å². The van der Waals surface area contributed by atoms with Gasteiger partial charge in [-0.15, -0.1) is 0 Å². The van der Waals surface area contributed by atoms with Crippen molar-refractivity contribution in [3.05, 3.63) is 82.5 Å². The number of aryl methyl sites for hydroxylation is 1. The smallest absolute Gasteiger partial charge is 0.249 e. The number of ketones is 1. The molecule has 11 heteroatoms. The molecule has 46 heavy (non-hydrogen) atoms. The predicted molar refractivity (Wildman–Crippen MR) is 166 cm³/mol. The lowest BCUT2D eigenvalue weighted by molar-refractivity contribution is -0.135. The number of nitrogens with one attached hydrogen (secondary N) is 2. The van der Waals surface area contributed by atoms with Crippen LogP contribution >= 0.6 is 0 Å². The predicted octanol–water partition coefficient (Wildman–Crippen LogP) is 5.47. The molecule has 0 aliphatic carbocycles. The zero-order chi connectivity index (χ0) is 32.5. The van der Waals surface area contributed by atoms with E-state index in [9.17, 15) is 14.7 Å². The minimum absolute atomic E-state index is 0.148. The zero-order valence-corrected chi connectivity index (χ0v) is 26.4. The summed E-state index contributed by atoms with van der Waals surface area (Å²) >= 11 is 0. The summed E-state index contributed by atoms with van der Waals surface area (Å²) in [7, 11) is 0. The number of halogens is 1. The third kappa shape index (κ3) is 4.62. The van der Waals surface area contributed by atoms with Crippen molar-refractivity contribution < 1.29 is 32.7 Å². The fraction of sp³-hybridized carbons (Fsp3) is 0.429. The molecule has 10 nitrogen and oxygen atoms in total. The van der Waals surface area contributed by atoms with Gasteiger partial charge in [-0.2, -0.15) is 0 Å². The summed E-state index contributed by atoms with van der Waals surface area (Å²) < 4.78 is 34.3. The topological polar surface area (TPSA) is 140 Å². The normalized spacial score (nSPS) is 23.6. The maximum absolute atomic E-state index is 15.1. The summed E-state index contributed by atoms with van der Waals surface area (Å²) in [5, 5.41) is 17.1. The number of Topliss-reactive ketones (excluding diaryl/α,β-unsaturated/α-hetero) is 1. The van der Waals surface area contributed by atoms with E-state index in [2.05, 4.69) is 15.6 Å². The SMILES string of the molecule is CCc1coc(-c2nc3oc2C24c5cc(F)ccc5N[C@H]2Oc2ccc(cc24)C[C@H](CC(=O)[C@@H](O)C(C)C)C(=O)N[C@H]3C(C)C)n1. The van der Waals surface area contributed by atoms with Gasteiger partial charge in [0.2, 0.25) is 17.7 Å². The van der Waals surface area contributed by atoms with Crippen molar-refractivity contribution in [2.45, 2.75) is 77.7 Å². The fourth-order valence-electron chi connectivity index (χ4n) is 6.89. The van der Waals surface area contributed by atoms with Crippen LogP contribution in [0.4, 0.5) is 10.1 Å². The second-order valence-corrected chi connectivity index (χ2v) is 13.2. The van der Waals surface area contributed by atoms with Crippen LogP contribution in [-0.2, 0) is 27.8 Å². The average molecular weight is 629 g/mol. The van der Waals surface area contributed by atoms with E-state index >= 15 is 4.39 Å². The number of ether oxygens (including phenoxy) is 1. The first-order valence-corrected chi connectivity index (χ1v) is 15.8. The molecular weight excluding hydrogens is 591 g/mol. The van der Waals surface area contributed by atoms with Crippen LogP contribution in [0.3, 0.4) is 0 Å². The van der Waals surface area contributed by atoms with Gasteiger partial charge in [-0.25, -0.2) is 14.4 Å².